The van der Waals surface area contributed by atoms with E-state index < -0.39 is 24.2 Å². The average Bonchev–Trinajstić information content (AvgIpc) is 2.76. The molecule has 4 nitrogen and oxygen atoms in total. The Hall–Kier alpha value is -3.16. The lowest BCUT2D eigenvalue weighted by molar-refractivity contribution is -0.0605. The van der Waals surface area contributed by atoms with Crippen molar-refractivity contribution in [2.45, 2.75) is 26.4 Å². The molecule has 0 aliphatic heterocycles. The molecule has 0 heterocycles. The minimum absolute atomic E-state index is 0.000179. The van der Waals surface area contributed by atoms with Crippen LogP contribution in [0.4, 0.5) is 24.5 Å². The third-order valence-corrected chi connectivity index (χ3v) is 5.56. The van der Waals surface area contributed by atoms with Crippen LogP contribution in [-0.2, 0) is 0 Å². The number of amides is 1. The van der Waals surface area contributed by atoms with Crippen LogP contribution in [0.3, 0.4) is 0 Å². The number of carbonyl (C=O) groups excluding carboxylic acids is 1. The summed E-state index contributed by atoms with van der Waals surface area (Å²) in [6, 6.07) is 16.0. The molecule has 176 valence electrons. The number of halogens is 5. The van der Waals surface area contributed by atoms with Crippen LogP contribution in [-0.4, -0.2) is 23.5 Å². The molecule has 0 radical (unpaired) electrons. The van der Waals surface area contributed by atoms with E-state index in [0.29, 0.717) is 16.3 Å². The molecule has 3 rings (SSSR count). The first-order valence-electron chi connectivity index (χ1n) is 10.1. The zero-order chi connectivity index (χ0) is 25.0. The number of anilines is 1. The third-order valence-electron chi connectivity index (χ3n) is 4.94. The number of nitrogens with one attached hydrogen (secondary N) is 2. The number of rotatable bonds is 6. The topological polar surface area (TPSA) is 65.3 Å². The summed E-state index contributed by atoms with van der Waals surface area (Å²) in [5, 5.41) is 10.9. The van der Waals surface area contributed by atoms with Crippen molar-refractivity contribution in [2.24, 2.45) is 4.99 Å². The molecule has 0 unspecified atom stereocenters. The van der Waals surface area contributed by atoms with Crippen LogP contribution in [0.5, 0.6) is 0 Å². The van der Waals surface area contributed by atoms with Gasteiger partial charge >= 0.3 is 6.18 Å². The molecule has 0 saturated heterocycles. The first-order chi connectivity index (χ1) is 16.0. The maximum Gasteiger partial charge on any atom is 0.429 e. The minimum atomic E-state index is -4.79. The Morgan fingerprint density at radius 3 is 2.18 bits per heavy atom. The number of benzene rings is 3. The number of carbonyl (C=O) groups is 1. The second-order valence-electron chi connectivity index (χ2n) is 7.63. The number of hydrogen-bond acceptors (Lipinski definition) is 3. The Morgan fingerprint density at radius 2 is 1.59 bits per heavy atom. The molecule has 34 heavy (non-hydrogen) atoms. The van der Waals surface area contributed by atoms with Gasteiger partial charge in [0.15, 0.2) is 0 Å². The Balaban J connectivity index is 1.91. The Morgan fingerprint density at radius 1 is 0.971 bits per heavy atom. The number of para-hydroxylation sites is 1. The molecule has 0 aromatic heterocycles. The largest absolute Gasteiger partial charge is 0.429 e. The van der Waals surface area contributed by atoms with Crippen molar-refractivity contribution in [2.75, 3.05) is 5.32 Å². The quantitative estimate of drug-likeness (QED) is 0.328. The van der Waals surface area contributed by atoms with E-state index in [0.717, 1.165) is 11.1 Å². The average molecular weight is 506 g/mol. The lowest BCUT2D eigenvalue weighted by Crippen LogP contribution is -2.25. The van der Waals surface area contributed by atoms with E-state index in [1.165, 1.54) is 24.3 Å². The van der Waals surface area contributed by atoms with Crippen molar-refractivity contribution in [3.8, 4) is 0 Å². The van der Waals surface area contributed by atoms with Gasteiger partial charge in [0.2, 0.25) is 0 Å². The molecule has 3 aromatic rings. The highest BCUT2D eigenvalue weighted by molar-refractivity contribution is 6.34. The van der Waals surface area contributed by atoms with Gasteiger partial charge in [-0.2, -0.15) is 13.2 Å². The summed E-state index contributed by atoms with van der Waals surface area (Å²) < 4.78 is 39.1. The van der Waals surface area contributed by atoms with E-state index in [1.807, 2.05) is 19.9 Å². The Labute approximate surface area is 204 Å². The van der Waals surface area contributed by atoms with Crippen molar-refractivity contribution < 1.29 is 18.0 Å². The lowest BCUT2D eigenvalue weighted by atomic mass is 10.0. The predicted octanol–water partition coefficient (Wildman–Crippen LogP) is 7.96. The van der Waals surface area contributed by atoms with E-state index >= 15 is 0 Å². The van der Waals surface area contributed by atoms with Crippen molar-refractivity contribution in [1.29, 1.82) is 5.41 Å². The van der Waals surface area contributed by atoms with Crippen molar-refractivity contribution >= 4 is 51.9 Å². The zero-order valence-corrected chi connectivity index (χ0v) is 19.7. The Kier molecular flexibility index (Phi) is 7.79. The van der Waals surface area contributed by atoms with E-state index in [-0.39, 0.29) is 22.0 Å². The van der Waals surface area contributed by atoms with Crippen LogP contribution < -0.4 is 5.32 Å². The molecule has 0 fully saturated rings. The summed E-state index contributed by atoms with van der Waals surface area (Å²) in [5.74, 6) is -0.423. The molecule has 0 saturated carbocycles. The molecule has 0 aliphatic carbocycles. The van der Waals surface area contributed by atoms with E-state index in [2.05, 4.69) is 10.3 Å². The first-order valence-corrected chi connectivity index (χ1v) is 10.9. The van der Waals surface area contributed by atoms with Gasteiger partial charge in [-0.3, -0.25) is 9.79 Å². The van der Waals surface area contributed by atoms with Crippen LogP contribution in [0.25, 0.3) is 0 Å². The summed E-state index contributed by atoms with van der Waals surface area (Å²) >= 11 is 12.4. The van der Waals surface area contributed by atoms with Gasteiger partial charge in [0.05, 0.1) is 27.1 Å². The summed E-state index contributed by atoms with van der Waals surface area (Å²) in [4.78, 5) is 17.0. The summed E-state index contributed by atoms with van der Waals surface area (Å²) in [6.45, 7) is 3.72. The standard InChI is InChI=1S/C25H20Cl2F3N3O/c1-14-11-15(2)23(19(27)12-14)33-24(34)17-9-7-16(8-10-17)21(13-22(31)25(28,29)30)32-20-6-4-3-5-18(20)26/h3-12,31H,13H2,1-2H3,(H,33,34). The third kappa shape index (κ3) is 6.24. The van der Waals surface area contributed by atoms with Crippen molar-refractivity contribution in [1.82, 2.24) is 0 Å². The van der Waals surface area contributed by atoms with E-state index in [4.69, 9.17) is 28.6 Å². The number of aryl methyl sites for hydroxylation is 2. The van der Waals surface area contributed by atoms with Gasteiger partial charge in [0, 0.05) is 12.0 Å². The maximum atomic E-state index is 13.0. The molecule has 0 bridgehead atoms. The zero-order valence-electron chi connectivity index (χ0n) is 18.2. The number of hydrogen-bond donors (Lipinski definition) is 2. The number of nitrogens with zero attached hydrogens (tertiary/aromatic N) is 1. The second kappa shape index (κ2) is 10.4. The molecule has 0 spiro atoms. The van der Waals surface area contributed by atoms with Crippen LogP contribution in [0.15, 0.2) is 65.7 Å². The molecule has 0 atom stereocenters. The van der Waals surface area contributed by atoms with Gasteiger partial charge in [-0.15, -0.1) is 0 Å². The normalized spacial score (nSPS) is 11.9. The van der Waals surface area contributed by atoms with Gasteiger partial charge in [-0.05, 0) is 60.9 Å². The predicted molar refractivity (Wildman–Crippen MR) is 131 cm³/mol. The first kappa shape index (κ1) is 25.5. The monoisotopic (exact) mass is 505 g/mol. The van der Waals surface area contributed by atoms with Gasteiger partial charge < -0.3 is 10.7 Å². The fraction of sp³-hybridized carbons (Fsp3) is 0.160. The highest BCUT2D eigenvalue weighted by Gasteiger charge is 2.35. The summed E-state index contributed by atoms with van der Waals surface area (Å²) in [6.07, 6.45) is -5.54. The fourth-order valence-corrected chi connectivity index (χ4v) is 3.78. The molecule has 2 N–H and O–H groups in total. The molecule has 3 aromatic carbocycles. The van der Waals surface area contributed by atoms with Crippen molar-refractivity contribution in [3.63, 3.8) is 0 Å². The van der Waals surface area contributed by atoms with Crippen LogP contribution in [0.1, 0.15) is 33.5 Å². The fourth-order valence-electron chi connectivity index (χ4n) is 3.24. The minimum Gasteiger partial charge on any atom is -0.320 e. The van der Waals surface area contributed by atoms with Gasteiger partial charge in [0.1, 0.15) is 5.71 Å². The van der Waals surface area contributed by atoms with Crippen LogP contribution >= 0.6 is 23.2 Å². The molecule has 9 heteroatoms. The number of aliphatic imine (C=N–C) groups is 1. The van der Waals surface area contributed by atoms with Gasteiger partial charge in [-0.1, -0.05) is 53.5 Å². The highest BCUT2D eigenvalue weighted by atomic mass is 35.5. The van der Waals surface area contributed by atoms with Crippen molar-refractivity contribution in [3.05, 3.63) is 93.0 Å². The second-order valence-corrected chi connectivity index (χ2v) is 8.45. The SMILES string of the molecule is Cc1cc(C)c(NC(=O)c2ccc(C(CC(=N)C(F)(F)F)=Nc3ccccc3Cl)cc2)c(Cl)c1. The summed E-state index contributed by atoms with van der Waals surface area (Å²) in [7, 11) is 0. The Bertz CT molecular complexity index is 1250. The van der Waals surface area contributed by atoms with E-state index in [9.17, 15) is 18.0 Å². The lowest BCUT2D eigenvalue weighted by Gasteiger charge is -2.13. The van der Waals surface area contributed by atoms with Crippen LogP contribution in [0.2, 0.25) is 10.0 Å². The molecule has 1 amide bonds. The molecular formula is C25H20Cl2F3N3O. The highest BCUT2D eigenvalue weighted by Crippen LogP contribution is 2.29. The van der Waals surface area contributed by atoms with Crippen LogP contribution in [0, 0.1) is 19.3 Å². The molecular weight excluding hydrogens is 486 g/mol. The molecule has 0 aliphatic rings. The summed E-state index contributed by atoms with van der Waals surface area (Å²) in [5.41, 5.74) is 1.69. The van der Waals surface area contributed by atoms with E-state index in [1.54, 1.807) is 30.3 Å². The number of alkyl halides is 3. The maximum absolute atomic E-state index is 13.0. The van der Waals surface area contributed by atoms with Gasteiger partial charge in [0.25, 0.3) is 5.91 Å². The van der Waals surface area contributed by atoms with Gasteiger partial charge in [-0.25, -0.2) is 0 Å². The smallest absolute Gasteiger partial charge is 0.320 e.